The van der Waals surface area contributed by atoms with Gasteiger partial charge in [-0.1, -0.05) is 54.6 Å². The maximum Gasteiger partial charge on any atom is 0.244 e. The average Bonchev–Trinajstić information content (AvgIpc) is 2.80. The van der Waals surface area contributed by atoms with Crippen molar-refractivity contribution in [3.63, 3.8) is 0 Å². The van der Waals surface area contributed by atoms with Gasteiger partial charge in [-0.25, -0.2) is 8.42 Å². The van der Waals surface area contributed by atoms with Gasteiger partial charge in [0.1, 0.15) is 6.04 Å². The Balaban J connectivity index is 1.68. The number of hydrogen-bond donors (Lipinski definition) is 1. The first-order valence-electron chi connectivity index (χ1n) is 10.3. The van der Waals surface area contributed by atoms with Gasteiger partial charge in [-0.05, 0) is 46.9 Å². The normalized spacial score (nSPS) is 16.7. The summed E-state index contributed by atoms with van der Waals surface area (Å²) in [5, 5.41) is 4.70. The third-order valence-corrected chi connectivity index (χ3v) is 7.51. The molecule has 1 atom stereocenters. The monoisotopic (exact) mass is 438 g/mol. The molecule has 1 N–H and O–H groups in total. The first kappa shape index (κ1) is 21.5. The van der Waals surface area contributed by atoms with Crippen molar-refractivity contribution in [3.8, 4) is 0 Å². The first-order valence-corrected chi connectivity index (χ1v) is 11.8. The van der Waals surface area contributed by atoms with Gasteiger partial charge >= 0.3 is 0 Å². The molecule has 162 valence electrons. The molecule has 0 aliphatic carbocycles. The Morgan fingerprint density at radius 2 is 1.74 bits per heavy atom. The number of nitrogens with one attached hydrogen (secondary N) is 1. The van der Waals surface area contributed by atoms with E-state index in [0.29, 0.717) is 26.0 Å². The van der Waals surface area contributed by atoms with E-state index in [-0.39, 0.29) is 17.3 Å². The van der Waals surface area contributed by atoms with Gasteiger partial charge in [0, 0.05) is 26.8 Å². The topological polar surface area (TPSA) is 75.7 Å². The standard InChI is InChI=1S/C24H26N2O4S/c1-30-14-6-13-25-24(27)23-16-20-9-4-5-10-21(20)17-26(23)31(28,29)22-12-11-18-7-2-3-8-19(18)15-22/h2-5,7-12,15,23H,6,13-14,16-17H2,1H3,(H,25,27). The summed E-state index contributed by atoms with van der Waals surface area (Å²) in [5.41, 5.74) is 1.93. The van der Waals surface area contributed by atoms with Crippen molar-refractivity contribution in [1.82, 2.24) is 9.62 Å². The molecule has 0 fully saturated rings. The first-order chi connectivity index (χ1) is 15.0. The van der Waals surface area contributed by atoms with Crippen LogP contribution in [0.5, 0.6) is 0 Å². The van der Waals surface area contributed by atoms with E-state index in [9.17, 15) is 13.2 Å². The summed E-state index contributed by atoms with van der Waals surface area (Å²) in [6.07, 6.45) is 1.02. The van der Waals surface area contributed by atoms with Crippen LogP contribution < -0.4 is 5.32 Å². The van der Waals surface area contributed by atoms with Crippen molar-refractivity contribution in [2.75, 3.05) is 20.3 Å². The van der Waals surface area contributed by atoms with E-state index in [1.54, 1.807) is 25.3 Å². The molecule has 0 radical (unpaired) electrons. The minimum atomic E-state index is -3.88. The minimum absolute atomic E-state index is 0.168. The fourth-order valence-electron chi connectivity index (χ4n) is 3.98. The molecule has 0 aromatic heterocycles. The molecule has 0 bridgehead atoms. The summed E-state index contributed by atoms with van der Waals surface area (Å²) >= 11 is 0. The SMILES string of the molecule is COCCCNC(=O)C1Cc2ccccc2CN1S(=O)(=O)c1ccc2ccccc2c1. The van der Waals surface area contributed by atoms with E-state index in [1.807, 2.05) is 48.5 Å². The van der Waals surface area contributed by atoms with E-state index in [0.717, 1.165) is 21.9 Å². The van der Waals surface area contributed by atoms with E-state index in [4.69, 9.17) is 4.74 Å². The van der Waals surface area contributed by atoms with Crippen molar-refractivity contribution in [2.24, 2.45) is 0 Å². The van der Waals surface area contributed by atoms with Crippen LogP contribution in [-0.4, -0.2) is 44.9 Å². The summed E-state index contributed by atoms with van der Waals surface area (Å²) in [5.74, 6) is -0.282. The molecule has 1 unspecified atom stereocenters. The molecule has 0 saturated heterocycles. The van der Waals surface area contributed by atoms with Crippen LogP contribution in [-0.2, 0) is 32.5 Å². The van der Waals surface area contributed by atoms with Gasteiger partial charge in [-0.3, -0.25) is 4.79 Å². The Labute approximate surface area is 182 Å². The summed E-state index contributed by atoms with van der Waals surface area (Å²) in [6, 6.07) is 19.6. The lowest BCUT2D eigenvalue weighted by molar-refractivity contribution is -0.125. The Hall–Kier alpha value is -2.74. The fourth-order valence-corrected chi connectivity index (χ4v) is 5.59. The molecule has 0 saturated carbocycles. The number of benzene rings is 3. The number of carbonyl (C=O) groups is 1. The van der Waals surface area contributed by atoms with Crippen LogP contribution in [0.15, 0.2) is 71.6 Å². The highest BCUT2D eigenvalue weighted by Gasteiger charge is 2.39. The van der Waals surface area contributed by atoms with Crippen molar-refractivity contribution >= 4 is 26.7 Å². The van der Waals surface area contributed by atoms with Crippen molar-refractivity contribution in [2.45, 2.75) is 30.3 Å². The van der Waals surface area contributed by atoms with E-state index in [2.05, 4.69) is 5.32 Å². The van der Waals surface area contributed by atoms with Gasteiger partial charge < -0.3 is 10.1 Å². The lowest BCUT2D eigenvalue weighted by atomic mass is 9.95. The summed E-state index contributed by atoms with van der Waals surface area (Å²) in [6.45, 7) is 1.14. The molecule has 1 aliphatic rings. The molecule has 4 rings (SSSR count). The van der Waals surface area contributed by atoms with Crippen LogP contribution in [0, 0.1) is 0 Å². The Morgan fingerprint density at radius 1 is 1.03 bits per heavy atom. The van der Waals surface area contributed by atoms with Crippen LogP contribution in [0.25, 0.3) is 10.8 Å². The molecular formula is C24H26N2O4S. The van der Waals surface area contributed by atoms with Gasteiger partial charge in [0.15, 0.2) is 0 Å². The van der Waals surface area contributed by atoms with Gasteiger partial charge in [-0.15, -0.1) is 0 Å². The second-order valence-corrected chi connectivity index (χ2v) is 9.58. The zero-order valence-electron chi connectivity index (χ0n) is 17.5. The Kier molecular flexibility index (Phi) is 6.36. The second-order valence-electron chi connectivity index (χ2n) is 7.69. The number of ether oxygens (including phenoxy) is 1. The molecular weight excluding hydrogens is 412 g/mol. The molecule has 1 heterocycles. The van der Waals surface area contributed by atoms with Crippen molar-refractivity contribution < 1.29 is 17.9 Å². The highest BCUT2D eigenvalue weighted by Crippen LogP contribution is 2.30. The quantitative estimate of drug-likeness (QED) is 0.575. The molecule has 1 amide bonds. The number of hydrogen-bond acceptors (Lipinski definition) is 4. The number of amides is 1. The number of sulfonamides is 1. The van der Waals surface area contributed by atoms with E-state index in [1.165, 1.54) is 4.31 Å². The van der Waals surface area contributed by atoms with Gasteiger partial charge in [-0.2, -0.15) is 4.31 Å². The smallest absolute Gasteiger partial charge is 0.244 e. The maximum atomic E-state index is 13.7. The summed E-state index contributed by atoms with van der Waals surface area (Å²) in [7, 11) is -2.27. The zero-order valence-corrected chi connectivity index (χ0v) is 18.3. The van der Waals surface area contributed by atoms with Gasteiger partial charge in [0.2, 0.25) is 15.9 Å². The Morgan fingerprint density at radius 3 is 2.52 bits per heavy atom. The third-order valence-electron chi connectivity index (χ3n) is 5.66. The maximum absolute atomic E-state index is 13.7. The molecule has 3 aromatic rings. The van der Waals surface area contributed by atoms with Crippen molar-refractivity contribution in [1.29, 1.82) is 0 Å². The number of fused-ring (bicyclic) bond motifs is 2. The highest BCUT2D eigenvalue weighted by molar-refractivity contribution is 7.89. The molecule has 6 nitrogen and oxygen atoms in total. The van der Waals surface area contributed by atoms with Crippen LogP contribution in [0.3, 0.4) is 0 Å². The van der Waals surface area contributed by atoms with Crippen molar-refractivity contribution in [3.05, 3.63) is 77.9 Å². The molecule has 31 heavy (non-hydrogen) atoms. The van der Waals surface area contributed by atoms with Gasteiger partial charge in [0.25, 0.3) is 0 Å². The third kappa shape index (κ3) is 4.49. The predicted molar refractivity (Wildman–Crippen MR) is 120 cm³/mol. The molecule has 3 aromatic carbocycles. The second kappa shape index (κ2) is 9.18. The largest absolute Gasteiger partial charge is 0.385 e. The van der Waals surface area contributed by atoms with Gasteiger partial charge in [0.05, 0.1) is 4.90 Å². The molecule has 0 spiro atoms. The molecule has 7 heteroatoms. The molecule has 1 aliphatic heterocycles. The zero-order chi connectivity index (χ0) is 21.8. The number of carbonyl (C=O) groups excluding carboxylic acids is 1. The van der Waals surface area contributed by atoms with Crippen LogP contribution in [0.2, 0.25) is 0 Å². The van der Waals surface area contributed by atoms with Crippen LogP contribution >= 0.6 is 0 Å². The minimum Gasteiger partial charge on any atom is -0.385 e. The van der Waals surface area contributed by atoms with Crippen LogP contribution in [0.4, 0.5) is 0 Å². The number of rotatable bonds is 7. The summed E-state index contributed by atoms with van der Waals surface area (Å²) in [4.78, 5) is 13.2. The summed E-state index contributed by atoms with van der Waals surface area (Å²) < 4.78 is 33.7. The average molecular weight is 439 g/mol. The predicted octanol–water partition coefficient (Wildman–Crippen LogP) is 3.11. The lowest BCUT2D eigenvalue weighted by Crippen LogP contribution is -2.52. The number of nitrogens with zero attached hydrogens (tertiary/aromatic N) is 1. The van der Waals surface area contributed by atoms with E-state index >= 15 is 0 Å². The number of methoxy groups -OCH3 is 1. The Bertz CT molecular complexity index is 1190. The lowest BCUT2D eigenvalue weighted by Gasteiger charge is -2.35. The van der Waals surface area contributed by atoms with E-state index < -0.39 is 16.1 Å². The fraction of sp³-hybridized carbons (Fsp3) is 0.292. The highest BCUT2D eigenvalue weighted by atomic mass is 32.2. The van der Waals surface area contributed by atoms with Crippen LogP contribution in [0.1, 0.15) is 17.5 Å².